The summed E-state index contributed by atoms with van der Waals surface area (Å²) in [6.45, 7) is 2.55. The lowest BCUT2D eigenvalue weighted by atomic mass is 9.82. The standard InChI is InChI=1S/C22H25N5O5S2/c1-11-16(25-7-8-33-34-14-5-3-4-6-24-14)19(29)15-12(10-32-21(23)30)22(31-2)20-13(26-20)9-27(22)17(15)18(11)28/h3-6,12-13,20,25-26H,7-10H2,1-2H3,(H2,23,30)/t12-,13+,20+,22-/m1/s1. The van der Waals surface area contributed by atoms with Crippen molar-refractivity contribution in [1.82, 2.24) is 20.5 Å². The minimum absolute atomic E-state index is 0.0677. The van der Waals surface area contributed by atoms with Crippen LogP contribution in [0.4, 0.5) is 4.79 Å². The number of aromatic nitrogens is 1. The number of pyridine rings is 1. The number of nitrogens with zero attached hydrogens (tertiary/aromatic N) is 2. The maximum absolute atomic E-state index is 13.7. The number of primary amides is 1. The second kappa shape index (κ2) is 8.91. The van der Waals surface area contributed by atoms with Crippen LogP contribution >= 0.6 is 21.6 Å². The molecule has 0 radical (unpaired) electrons. The number of methoxy groups -OCH3 is 1. The molecule has 2 fully saturated rings. The molecule has 0 bridgehead atoms. The summed E-state index contributed by atoms with van der Waals surface area (Å²) in [4.78, 5) is 44.7. The van der Waals surface area contributed by atoms with E-state index in [1.54, 1.807) is 41.8 Å². The molecular weight excluding hydrogens is 478 g/mol. The number of carbonyl (C=O) groups is 3. The summed E-state index contributed by atoms with van der Waals surface area (Å²) in [6, 6.07) is 5.81. The number of fused-ring (bicyclic) bond motifs is 4. The van der Waals surface area contributed by atoms with E-state index in [4.69, 9.17) is 15.2 Å². The molecule has 4 aliphatic rings. The number of ether oxygens (including phenoxy) is 2. The van der Waals surface area contributed by atoms with E-state index in [0.29, 0.717) is 35.7 Å². The molecular formula is C22H25N5O5S2. The van der Waals surface area contributed by atoms with Gasteiger partial charge in [-0.2, -0.15) is 0 Å². The second-order valence-corrected chi connectivity index (χ2v) is 10.9. The third kappa shape index (κ3) is 3.60. The van der Waals surface area contributed by atoms with Crippen LogP contribution in [-0.4, -0.2) is 77.9 Å². The average molecular weight is 504 g/mol. The van der Waals surface area contributed by atoms with Crippen LogP contribution in [0.2, 0.25) is 0 Å². The average Bonchev–Trinajstić information content (AvgIpc) is 3.44. The van der Waals surface area contributed by atoms with Crippen molar-refractivity contribution in [1.29, 1.82) is 0 Å². The highest BCUT2D eigenvalue weighted by Crippen LogP contribution is 2.55. The van der Waals surface area contributed by atoms with Gasteiger partial charge < -0.3 is 30.7 Å². The van der Waals surface area contributed by atoms with Crippen LogP contribution in [0, 0.1) is 5.92 Å². The van der Waals surface area contributed by atoms with Gasteiger partial charge in [-0.15, -0.1) is 0 Å². The number of amides is 1. The SMILES string of the molecule is CO[C@@]12[C@H](COC(N)=O)C3=C(C(=O)C(C)=C(NCCSSc4ccccn4)C3=O)N1C[C@@H]1N[C@@H]12. The first kappa shape index (κ1) is 23.2. The molecule has 0 aromatic carbocycles. The number of hydrogen-bond donors (Lipinski definition) is 3. The number of Topliss-reactive ketones (excluding diaryl/α,β-unsaturated/α-hetero) is 2. The van der Waals surface area contributed by atoms with E-state index in [1.807, 2.05) is 23.1 Å². The number of nitrogens with two attached hydrogens (primary N) is 1. The van der Waals surface area contributed by atoms with Crippen LogP contribution in [-0.2, 0) is 19.1 Å². The lowest BCUT2D eigenvalue weighted by molar-refractivity contribution is -0.137. The Kier molecular flexibility index (Phi) is 6.09. The van der Waals surface area contributed by atoms with Gasteiger partial charge >= 0.3 is 6.09 Å². The zero-order valence-corrected chi connectivity index (χ0v) is 20.3. The van der Waals surface area contributed by atoms with Crippen LogP contribution in [0.3, 0.4) is 0 Å². The van der Waals surface area contributed by atoms with Gasteiger partial charge in [0.25, 0.3) is 0 Å². The van der Waals surface area contributed by atoms with Crippen LogP contribution < -0.4 is 16.4 Å². The molecule has 0 spiro atoms. The fourth-order valence-electron chi connectivity index (χ4n) is 5.22. The topological polar surface area (TPSA) is 146 Å². The van der Waals surface area contributed by atoms with Gasteiger partial charge in [-0.05, 0) is 29.9 Å². The third-order valence-corrected chi connectivity index (χ3v) is 8.96. The summed E-state index contributed by atoms with van der Waals surface area (Å²) in [5, 5.41) is 7.42. The molecule has 0 saturated carbocycles. The van der Waals surface area contributed by atoms with E-state index in [1.165, 1.54) is 0 Å². The zero-order valence-electron chi connectivity index (χ0n) is 18.7. The summed E-state index contributed by atoms with van der Waals surface area (Å²) < 4.78 is 11.1. The first-order valence-electron chi connectivity index (χ1n) is 10.9. The molecule has 0 unspecified atom stereocenters. The summed E-state index contributed by atoms with van der Waals surface area (Å²) in [5.74, 6) is -0.422. The molecule has 12 heteroatoms. The van der Waals surface area contributed by atoms with E-state index in [2.05, 4.69) is 15.6 Å². The zero-order chi connectivity index (χ0) is 24.0. The third-order valence-electron chi connectivity index (χ3n) is 6.70. The Morgan fingerprint density at radius 3 is 2.91 bits per heavy atom. The van der Waals surface area contributed by atoms with E-state index < -0.39 is 17.7 Å². The Labute approximate surface area is 204 Å². The monoisotopic (exact) mass is 503 g/mol. The van der Waals surface area contributed by atoms with Crippen LogP contribution in [0.5, 0.6) is 0 Å². The van der Waals surface area contributed by atoms with Crippen LogP contribution in [0.25, 0.3) is 0 Å². The summed E-state index contributed by atoms with van der Waals surface area (Å²) in [7, 11) is 4.71. The lowest BCUT2D eigenvalue weighted by Crippen LogP contribution is -2.55. The van der Waals surface area contributed by atoms with E-state index in [9.17, 15) is 14.4 Å². The van der Waals surface area contributed by atoms with Gasteiger partial charge in [0.2, 0.25) is 11.6 Å². The Hall–Kier alpha value is -2.54. The van der Waals surface area contributed by atoms with Gasteiger partial charge in [-0.3, -0.25) is 9.59 Å². The fourth-order valence-corrected chi connectivity index (χ4v) is 7.01. The van der Waals surface area contributed by atoms with Crippen LogP contribution in [0.1, 0.15) is 6.92 Å². The van der Waals surface area contributed by atoms with Gasteiger partial charge in [0.05, 0.1) is 23.4 Å². The van der Waals surface area contributed by atoms with Crippen LogP contribution in [0.15, 0.2) is 52.0 Å². The predicted molar refractivity (Wildman–Crippen MR) is 126 cm³/mol. The molecule has 34 heavy (non-hydrogen) atoms. The second-order valence-electron chi connectivity index (χ2n) is 8.42. The smallest absolute Gasteiger partial charge is 0.404 e. The molecule has 4 heterocycles. The van der Waals surface area contributed by atoms with Crippen molar-refractivity contribution < 1.29 is 23.9 Å². The number of hydrogen-bond acceptors (Lipinski definition) is 11. The largest absolute Gasteiger partial charge is 0.449 e. The molecule has 4 atom stereocenters. The number of ketones is 2. The molecule has 3 aliphatic heterocycles. The molecule has 5 rings (SSSR count). The molecule has 1 aliphatic carbocycles. The van der Waals surface area contributed by atoms with E-state index >= 15 is 0 Å². The van der Waals surface area contributed by atoms with Crippen molar-refractivity contribution >= 4 is 39.2 Å². The number of allylic oxidation sites excluding steroid dienone is 2. The van der Waals surface area contributed by atoms with Gasteiger partial charge in [0.15, 0.2) is 5.72 Å². The summed E-state index contributed by atoms with van der Waals surface area (Å²) >= 11 is 0. The quantitative estimate of drug-likeness (QED) is 0.190. The maximum atomic E-state index is 13.7. The molecule has 180 valence electrons. The first-order valence-corrected chi connectivity index (χ1v) is 13.2. The molecule has 1 aromatic rings. The maximum Gasteiger partial charge on any atom is 0.404 e. The fraction of sp³-hybridized carbons (Fsp3) is 0.455. The summed E-state index contributed by atoms with van der Waals surface area (Å²) in [6.07, 6.45) is 0.803. The predicted octanol–water partition coefficient (Wildman–Crippen LogP) is 0.815. The van der Waals surface area contributed by atoms with E-state index in [0.717, 1.165) is 5.03 Å². The van der Waals surface area contributed by atoms with Crippen molar-refractivity contribution in [2.75, 3.05) is 32.6 Å². The Balaban J connectivity index is 1.34. The molecule has 1 aromatic heterocycles. The highest BCUT2D eigenvalue weighted by Gasteiger charge is 2.72. The van der Waals surface area contributed by atoms with Crippen molar-refractivity contribution in [2.45, 2.75) is 29.8 Å². The lowest BCUT2D eigenvalue weighted by Gasteiger charge is -2.39. The highest BCUT2D eigenvalue weighted by atomic mass is 33.1. The minimum Gasteiger partial charge on any atom is -0.449 e. The van der Waals surface area contributed by atoms with Crippen molar-refractivity contribution in [3.63, 3.8) is 0 Å². The molecule has 1 amide bonds. The molecule has 4 N–H and O–H groups in total. The number of nitrogens with one attached hydrogen (secondary N) is 2. The van der Waals surface area contributed by atoms with Crippen molar-refractivity contribution in [2.24, 2.45) is 11.7 Å². The Morgan fingerprint density at radius 1 is 1.38 bits per heavy atom. The highest BCUT2D eigenvalue weighted by molar-refractivity contribution is 8.76. The van der Waals surface area contributed by atoms with Crippen molar-refractivity contribution in [3.05, 3.63) is 46.9 Å². The molecule has 2 saturated heterocycles. The van der Waals surface area contributed by atoms with E-state index in [-0.39, 0.29) is 36.0 Å². The van der Waals surface area contributed by atoms with Gasteiger partial charge in [0.1, 0.15) is 11.6 Å². The number of rotatable bonds is 9. The summed E-state index contributed by atoms with van der Waals surface area (Å²) in [5.41, 5.74) is 5.58. The van der Waals surface area contributed by atoms with Gasteiger partial charge in [-0.25, -0.2) is 9.78 Å². The first-order chi connectivity index (χ1) is 16.4. The Bertz CT molecular complexity index is 1110. The minimum atomic E-state index is -0.971. The molecule has 10 nitrogen and oxygen atoms in total. The van der Waals surface area contributed by atoms with Gasteiger partial charge in [0, 0.05) is 49.3 Å². The number of carbonyl (C=O) groups excluding carboxylic acids is 3. The number of piperazine rings is 1. The normalized spacial score (nSPS) is 29.2. The van der Waals surface area contributed by atoms with Gasteiger partial charge in [-0.1, -0.05) is 16.9 Å². The Morgan fingerprint density at radius 2 is 2.21 bits per heavy atom. The van der Waals surface area contributed by atoms with Crippen molar-refractivity contribution in [3.8, 4) is 0 Å².